The summed E-state index contributed by atoms with van der Waals surface area (Å²) >= 11 is 0. The van der Waals surface area contributed by atoms with E-state index in [4.69, 9.17) is 19.4 Å². The molecule has 1 saturated heterocycles. The van der Waals surface area contributed by atoms with E-state index < -0.39 is 5.97 Å². The van der Waals surface area contributed by atoms with Crippen LogP contribution in [0.3, 0.4) is 0 Å². The molecule has 0 bridgehead atoms. The van der Waals surface area contributed by atoms with Crippen LogP contribution in [-0.4, -0.2) is 56.1 Å². The lowest BCUT2D eigenvalue weighted by molar-refractivity contribution is -0.129. The number of aromatic nitrogens is 4. The summed E-state index contributed by atoms with van der Waals surface area (Å²) in [5, 5.41) is 1.04. The number of rotatable bonds is 8. The molecule has 38 heavy (non-hydrogen) atoms. The van der Waals surface area contributed by atoms with Crippen molar-refractivity contribution in [1.82, 2.24) is 24.0 Å². The van der Waals surface area contributed by atoms with Crippen molar-refractivity contribution in [2.45, 2.75) is 52.1 Å². The molecule has 1 aliphatic heterocycles. The first-order valence-corrected chi connectivity index (χ1v) is 13.4. The van der Waals surface area contributed by atoms with Crippen molar-refractivity contribution in [2.75, 3.05) is 20.3 Å². The van der Waals surface area contributed by atoms with Crippen LogP contribution in [-0.2, 0) is 23.1 Å². The summed E-state index contributed by atoms with van der Waals surface area (Å²) in [6.45, 7) is 5.79. The Kier molecular flexibility index (Phi) is 6.08. The van der Waals surface area contributed by atoms with Gasteiger partial charge in [0.2, 0.25) is 5.91 Å². The molecule has 1 atom stereocenters. The van der Waals surface area contributed by atoms with Crippen molar-refractivity contribution in [3.63, 3.8) is 0 Å². The molecule has 1 aromatic carbocycles. The first kappa shape index (κ1) is 24.5. The number of carbonyl (C=O) groups is 2. The quantitative estimate of drug-likeness (QED) is 0.311. The molecule has 4 heterocycles. The lowest BCUT2D eigenvalue weighted by Gasteiger charge is -2.24. The summed E-state index contributed by atoms with van der Waals surface area (Å²) in [5.74, 6) is 1.77. The third-order valence-corrected chi connectivity index (χ3v) is 7.80. The molecule has 9 nitrogen and oxygen atoms in total. The zero-order valence-electron chi connectivity index (χ0n) is 22.4. The van der Waals surface area contributed by atoms with E-state index in [1.807, 2.05) is 22.6 Å². The summed E-state index contributed by atoms with van der Waals surface area (Å²) in [7, 11) is 3.56. The number of hydrogen-bond acceptors (Lipinski definition) is 6. The van der Waals surface area contributed by atoms with Crippen LogP contribution < -0.4 is 4.74 Å². The van der Waals surface area contributed by atoms with Gasteiger partial charge in [-0.05, 0) is 69.4 Å². The molecule has 9 heteroatoms. The molecule has 6 rings (SSSR count). The average Bonchev–Trinajstić information content (AvgIpc) is 3.38. The number of carbonyl (C=O) groups excluding carboxylic acids is 2. The molecular weight excluding hydrogens is 482 g/mol. The van der Waals surface area contributed by atoms with Crippen LogP contribution in [0.5, 0.6) is 5.75 Å². The number of pyridine rings is 1. The van der Waals surface area contributed by atoms with Gasteiger partial charge in [-0.2, -0.15) is 0 Å². The normalized spacial score (nSPS) is 16.5. The number of fused-ring (bicyclic) bond motifs is 2. The number of nitrogens with zero attached hydrogens (tertiary/aromatic N) is 5. The zero-order valence-corrected chi connectivity index (χ0v) is 22.4. The molecule has 1 saturated carbocycles. The van der Waals surface area contributed by atoms with Gasteiger partial charge in [-0.25, -0.2) is 14.8 Å². The highest BCUT2D eigenvalue weighted by molar-refractivity contribution is 5.97. The number of ether oxygens (including phenoxy) is 2. The van der Waals surface area contributed by atoms with E-state index in [1.165, 1.54) is 12.8 Å². The molecule has 1 aliphatic carbocycles. The van der Waals surface area contributed by atoms with Crippen LogP contribution >= 0.6 is 0 Å². The van der Waals surface area contributed by atoms with E-state index in [0.717, 1.165) is 53.3 Å². The largest absolute Gasteiger partial charge is 0.494 e. The molecule has 1 amide bonds. The van der Waals surface area contributed by atoms with Gasteiger partial charge in [-0.1, -0.05) is 0 Å². The van der Waals surface area contributed by atoms with Gasteiger partial charge in [0.05, 0.1) is 42.2 Å². The predicted octanol–water partition coefficient (Wildman–Crippen LogP) is 4.87. The van der Waals surface area contributed by atoms with E-state index in [9.17, 15) is 9.59 Å². The maximum atomic E-state index is 12.5. The predicted molar refractivity (Wildman–Crippen MR) is 144 cm³/mol. The van der Waals surface area contributed by atoms with E-state index in [-0.39, 0.29) is 11.9 Å². The van der Waals surface area contributed by atoms with Crippen molar-refractivity contribution in [2.24, 2.45) is 13.0 Å². The number of esters is 1. The first-order chi connectivity index (χ1) is 18.4. The van der Waals surface area contributed by atoms with Crippen LogP contribution in [0.1, 0.15) is 61.6 Å². The second-order valence-electron chi connectivity index (χ2n) is 10.4. The number of imidazole rings is 1. The van der Waals surface area contributed by atoms with Crippen molar-refractivity contribution < 1.29 is 19.1 Å². The van der Waals surface area contributed by atoms with Gasteiger partial charge in [0, 0.05) is 31.9 Å². The van der Waals surface area contributed by atoms with Gasteiger partial charge in [0.1, 0.15) is 16.9 Å². The van der Waals surface area contributed by atoms with Gasteiger partial charge in [0.15, 0.2) is 5.82 Å². The molecule has 0 unspecified atom stereocenters. The molecule has 3 aromatic heterocycles. The van der Waals surface area contributed by atoms with Crippen molar-refractivity contribution in [3.8, 4) is 17.3 Å². The summed E-state index contributed by atoms with van der Waals surface area (Å²) in [5.41, 5.74) is 4.68. The van der Waals surface area contributed by atoms with Gasteiger partial charge in [-0.3, -0.25) is 4.79 Å². The third-order valence-electron chi connectivity index (χ3n) is 7.80. The molecule has 2 fully saturated rings. The summed E-state index contributed by atoms with van der Waals surface area (Å²) in [6, 6.07) is 9.68. The third kappa shape index (κ3) is 4.10. The van der Waals surface area contributed by atoms with E-state index >= 15 is 0 Å². The molecule has 0 N–H and O–H groups in total. The fourth-order valence-electron chi connectivity index (χ4n) is 5.57. The average molecular weight is 516 g/mol. The van der Waals surface area contributed by atoms with Crippen molar-refractivity contribution in [3.05, 3.63) is 41.6 Å². The number of amides is 1. The topological polar surface area (TPSA) is 91.5 Å². The van der Waals surface area contributed by atoms with Crippen LogP contribution in [0, 0.1) is 5.92 Å². The van der Waals surface area contributed by atoms with Gasteiger partial charge < -0.3 is 23.5 Å². The maximum absolute atomic E-state index is 12.5. The Morgan fingerprint density at radius 2 is 2.00 bits per heavy atom. The Hall–Kier alpha value is -3.88. The zero-order chi connectivity index (χ0) is 26.6. The van der Waals surface area contributed by atoms with Crippen molar-refractivity contribution >= 4 is 33.9 Å². The van der Waals surface area contributed by atoms with Gasteiger partial charge >= 0.3 is 5.97 Å². The van der Waals surface area contributed by atoms with Crippen molar-refractivity contribution in [1.29, 1.82) is 0 Å². The van der Waals surface area contributed by atoms with E-state index in [1.54, 1.807) is 26.2 Å². The first-order valence-electron chi connectivity index (χ1n) is 13.4. The highest BCUT2D eigenvalue weighted by Crippen LogP contribution is 2.38. The molecule has 2 aliphatic rings. The second kappa shape index (κ2) is 9.45. The van der Waals surface area contributed by atoms with Crippen LogP contribution in [0.25, 0.3) is 33.6 Å². The minimum absolute atomic E-state index is 0.0663. The number of likely N-dealkylation sites (tertiary alicyclic amines) is 1. The van der Waals surface area contributed by atoms with Gasteiger partial charge in [-0.15, -0.1) is 0 Å². The number of methoxy groups -OCH3 is 1. The molecule has 4 aromatic rings. The number of benzene rings is 1. The summed E-state index contributed by atoms with van der Waals surface area (Å²) < 4.78 is 15.2. The lowest BCUT2D eigenvalue weighted by atomic mass is 10.1. The maximum Gasteiger partial charge on any atom is 0.338 e. The van der Waals surface area contributed by atoms with Crippen LogP contribution in [0.4, 0.5) is 0 Å². The Labute approximate surface area is 221 Å². The van der Waals surface area contributed by atoms with E-state index in [2.05, 4.69) is 23.6 Å². The molecular formula is C29H33N5O4. The second-order valence-corrected chi connectivity index (χ2v) is 10.4. The summed E-state index contributed by atoms with van der Waals surface area (Å²) in [6.07, 6.45) is 3.93. The molecule has 0 spiro atoms. The van der Waals surface area contributed by atoms with E-state index in [0.29, 0.717) is 35.8 Å². The number of aryl methyl sites for hydroxylation is 1. The highest BCUT2D eigenvalue weighted by atomic mass is 16.5. The monoisotopic (exact) mass is 515 g/mol. The molecule has 198 valence electrons. The summed E-state index contributed by atoms with van der Waals surface area (Å²) in [4.78, 5) is 36.9. The Bertz CT molecular complexity index is 1560. The van der Waals surface area contributed by atoms with Gasteiger partial charge in [0.25, 0.3) is 0 Å². The number of hydrogen-bond donors (Lipinski definition) is 0. The minimum Gasteiger partial charge on any atom is -0.494 e. The lowest BCUT2D eigenvalue weighted by Crippen LogP contribution is -2.28. The Morgan fingerprint density at radius 3 is 2.68 bits per heavy atom. The fourth-order valence-corrected chi connectivity index (χ4v) is 5.57. The SMILES string of the molecule is CCOC(=O)c1cc(OC)c2c(c1)nc(-c1cc3ccc([C@@H](C)N4CCCC4=O)nc3n1CC1CC1)n2C. The smallest absolute Gasteiger partial charge is 0.338 e. The Balaban J connectivity index is 1.49. The molecule has 0 radical (unpaired) electrons. The van der Waals surface area contributed by atoms with Crippen LogP contribution in [0.2, 0.25) is 0 Å². The standard InChI is InChI=1S/C29H33N5O4/c1-5-38-29(36)20-13-22-26(24(15-20)37-4)32(3)28(31-22)23-14-19-10-11-21(17(2)33-12-6-7-25(33)35)30-27(19)34(23)16-18-8-9-18/h10-11,13-15,17-18H,5-9,12,16H2,1-4H3/t17-/m1/s1. The van der Waals surface area contributed by atoms with Crippen LogP contribution in [0.15, 0.2) is 30.3 Å². The highest BCUT2D eigenvalue weighted by Gasteiger charge is 2.29. The Morgan fingerprint density at radius 1 is 1.18 bits per heavy atom. The fraction of sp³-hybridized carbons (Fsp3) is 0.448. The minimum atomic E-state index is -0.398.